The molecule has 8 heteroatoms. The predicted molar refractivity (Wildman–Crippen MR) is 97.4 cm³/mol. The number of nitrogens with zero attached hydrogens (tertiary/aromatic N) is 2. The highest BCUT2D eigenvalue weighted by Gasteiger charge is 2.29. The monoisotopic (exact) mass is 354 g/mol. The van der Waals surface area contributed by atoms with E-state index in [0.717, 1.165) is 28.9 Å². The van der Waals surface area contributed by atoms with Gasteiger partial charge < -0.3 is 10.6 Å². The molecule has 7 nitrogen and oxygen atoms in total. The molecule has 1 aliphatic rings. The maximum absolute atomic E-state index is 11.7. The van der Waals surface area contributed by atoms with Crippen molar-refractivity contribution in [3.63, 3.8) is 0 Å². The van der Waals surface area contributed by atoms with Gasteiger partial charge in [-0.25, -0.2) is 4.98 Å². The highest BCUT2D eigenvalue weighted by molar-refractivity contribution is 7.22. The molecule has 2 aromatic carbocycles. The van der Waals surface area contributed by atoms with Gasteiger partial charge in [0.05, 0.1) is 15.1 Å². The number of hydrogen-bond acceptors (Lipinski definition) is 6. The molecular weight excluding hydrogens is 340 g/mol. The van der Waals surface area contributed by atoms with Gasteiger partial charge in [0.1, 0.15) is 0 Å². The summed E-state index contributed by atoms with van der Waals surface area (Å²) in [6.07, 6.45) is 1.95. The van der Waals surface area contributed by atoms with Gasteiger partial charge >= 0.3 is 0 Å². The molecule has 3 aromatic rings. The van der Waals surface area contributed by atoms with E-state index in [0.29, 0.717) is 10.6 Å². The minimum absolute atomic E-state index is 0.0541. The molecular formula is C17H14N4O3S. The molecule has 1 saturated carbocycles. The van der Waals surface area contributed by atoms with E-state index in [2.05, 4.69) is 15.6 Å². The van der Waals surface area contributed by atoms with Gasteiger partial charge in [-0.15, -0.1) is 0 Å². The van der Waals surface area contributed by atoms with Crippen LogP contribution >= 0.6 is 11.3 Å². The lowest BCUT2D eigenvalue weighted by Gasteiger charge is -2.06. The SMILES string of the molecule is O=C(Nc1ccc(Nc2nc3ccc([N+](=O)[O-])cc3s2)cc1)C1CC1. The predicted octanol–water partition coefficient (Wildman–Crippen LogP) is 4.30. The number of rotatable bonds is 5. The summed E-state index contributed by atoms with van der Waals surface area (Å²) in [4.78, 5) is 26.6. The van der Waals surface area contributed by atoms with Gasteiger partial charge in [0.15, 0.2) is 5.13 Å². The first-order valence-corrected chi connectivity index (χ1v) is 8.63. The van der Waals surface area contributed by atoms with Crippen molar-refractivity contribution in [2.45, 2.75) is 12.8 Å². The van der Waals surface area contributed by atoms with Crippen LogP contribution in [0.2, 0.25) is 0 Å². The molecule has 0 bridgehead atoms. The Morgan fingerprint density at radius 2 is 1.88 bits per heavy atom. The standard InChI is InChI=1S/C17H14N4O3S/c22-16(10-1-2-10)18-11-3-5-12(6-4-11)19-17-20-14-8-7-13(21(23)24)9-15(14)25-17/h3-10H,1-2H2,(H,18,22)(H,19,20). The van der Waals surface area contributed by atoms with Crippen molar-refractivity contribution in [1.29, 1.82) is 0 Å². The van der Waals surface area contributed by atoms with E-state index in [-0.39, 0.29) is 17.5 Å². The summed E-state index contributed by atoms with van der Waals surface area (Å²) in [5.74, 6) is 0.248. The van der Waals surface area contributed by atoms with E-state index in [1.165, 1.54) is 23.5 Å². The minimum Gasteiger partial charge on any atom is -0.332 e. The number of amides is 1. The summed E-state index contributed by atoms with van der Waals surface area (Å²) in [5, 5.41) is 17.6. The molecule has 4 rings (SSSR count). The maximum Gasteiger partial charge on any atom is 0.270 e. The number of nitro benzene ring substituents is 1. The van der Waals surface area contributed by atoms with Crippen molar-refractivity contribution >= 4 is 49.7 Å². The lowest BCUT2D eigenvalue weighted by atomic mass is 10.2. The van der Waals surface area contributed by atoms with Crippen LogP contribution in [0.15, 0.2) is 42.5 Å². The number of fused-ring (bicyclic) bond motifs is 1. The average molecular weight is 354 g/mol. The van der Waals surface area contributed by atoms with E-state index in [1.54, 1.807) is 6.07 Å². The van der Waals surface area contributed by atoms with Crippen LogP contribution in [0.1, 0.15) is 12.8 Å². The Hall–Kier alpha value is -3.00. The smallest absolute Gasteiger partial charge is 0.270 e. The second-order valence-electron chi connectivity index (χ2n) is 5.89. The molecule has 1 amide bonds. The lowest BCUT2D eigenvalue weighted by molar-refractivity contribution is -0.384. The Morgan fingerprint density at radius 3 is 2.56 bits per heavy atom. The van der Waals surface area contributed by atoms with Gasteiger partial charge in [-0.2, -0.15) is 0 Å². The largest absolute Gasteiger partial charge is 0.332 e. The quantitative estimate of drug-likeness (QED) is 0.526. The number of hydrogen-bond donors (Lipinski definition) is 2. The summed E-state index contributed by atoms with van der Waals surface area (Å²) in [6.45, 7) is 0. The highest BCUT2D eigenvalue weighted by atomic mass is 32.1. The Labute approximate surface area is 146 Å². The van der Waals surface area contributed by atoms with Gasteiger partial charge in [-0.1, -0.05) is 11.3 Å². The molecule has 1 aliphatic carbocycles. The molecule has 0 unspecified atom stereocenters. The summed E-state index contributed by atoms with van der Waals surface area (Å²) >= 11 is 1.35. The minimum atomic E-state index is -0.416. The third kappa shape index (κ3) is 3.43. The molecule has 0 atom stereocenters. The second-order valence-corrected chi connectivity index (χ2v) is 6.92. The van der Waals surface area contributed by atoms with E-state index in [1.807, 2.05) is 24.3 Å². The van der Waals surface area contributed by atoms with Crippen molar-refractivity contribution in [2.75, 3.05) is 10.6 Å². The van der Waals surface area contributed by atoms with Crippen LogP contribution < -0.4 is 10.6 Å². The van der Waals surface area contributed by atoms with E-state index in [9.17, 15) is 14.9 Å². The molecule has 0 saturated heterocycles. The number of nitro groups is 1. The molecule has 1 fully saturated rings. The average Bonchev–Trinajstić information content (AvgIpc) is 3.36. The van der Waals surface area contributed by atoms with Crippen LogP contribution in [0.25, 0.3) is 10.2 Å². The van der Waals surface area contributed by atoms with Crippen molar-refractivity contribution in [2.24, 2.45) is 5.92 Å². The molecule has 1 aromatic heterocycles. The molecule has 1 heterocycles. The molecule has 25 heavy (non-hydrogen) atoms. The first-order chi connectivity index (χ1) is 12.1. The molecule has 2 N–H and O–H groups in total. The Balaban J connectivity index is 1.48. The zero-order chi connectivity index (χ0) is 17.4. The van der Waals surface area contributed by atoms with Crippen molar-refractivity contribution in [3.05, 3.63) is 52.6 Å². The fourth-order valence-corrected chi connectivity index (χ4v) is 3.35. The maximum atomic E-state index is 11.7. The van der Waals surface area contributed by atoms with Crippen LogP contribution in [0.5, 0.6) is 0 Å². The molecule has 126 valence electrons. The van der Waals surface area contributed by atoms with E-state index in [4.69, 9.17) is 0 Å². The van der Waals surface area contributed by atoms with Crippen molar-refractivity contribution in [3.8, 4) is 0 Å². The topological polar surface area (TPSA) is 97.2 Å². The lowest BCUT2D eigenvalue weighted by Crippen LogP contribution is -2.13. The van der Waals surface area contributed by atoms with Crippen LogP contribution in [-0.2, 0) is 4.79 Å². The second kappa shape index (κ2) is 6.14. The fraction of sp³-hybridized carbons (Fsp3) is 0.176. The van der Waals surface area contributed by atoms with Crippen molar-refractivity contribution < 1.29 is 9.72 Å². The normalized spacial score (nSPS) is 13.6. The molecule has 0 aliphatic heterocycles. The zero-order valence-corrected chi connectivity index (χ0v) is 13.9. The number of nitrogens with one attached hydrogen (secondary N) is 2. The van der Waals surface area contributed by atoms with Gasteiger partial charge in [0, 0.05) is 29.4 Å². The van der Waals surface area contributed by atoms with Crippen molar-refractivity contribution in [1.82, 2.24) is 4.98 Å². The first kappa shape index (κ1) is 15.5. The molecule has 0 radical (unpaired) electrons. The fourth-order valence-electron chi connectivity index (χ4n) is 2.43. The zero-order valence-electron chi connectivity index (χ0n) is 13.1. The van der Waals surface area contributed by atoms with Crippen LogP contribution in [-0.4, -0.2) is 15.8 Å². The van der Waals surface area contributed by atoms with Gasteiger partial charge in [-0.05, 0) is 43.2 Å². The summed E-state index contributed by atoms with van der Waals surface area (Å²) < 4.78 is 0.755. The number of anilines is 3. The van der Waals surface area contributed by atoms with Gasteiger partial charge in [0.2, 0.25) is 5.91 Å². The third-order valence-electron chi connectivity index (χ3n) is 3.93. The van der Waals surface area contributed by atoms with E-state index >= 15 is 0 Å². The van der Waals surface area contributed by atoms with Crippen LogP contribution in [0.3, 0.4) is 0 Å². The number of non-ortho nitro benzene ring substituents is 1. The van der Waals surface area contributed by atoms with Crippen LogP contribution in [0, 0.1) is 16.0 Å². The van der Waals surface area contributed by atoms with Gasteiger partial charge in [0.25, 0.3) is 5.69 Å². The number of carbonyl (C=O) groups excluding carboxylic acids is 1. The number of aromatic nitrogens is 1. The number of thiazole rings is 1. The molecule has 0 spiro atoms. The van der Waals surface area contributed by atoms with Crippen LogP contribution in [0.4, 0.5) is 22.2 Å². The Morgan fingerprint density at radius 1 is 1.16 bits per heavy atom. The summed E-state index contributed by atoms with van der Waals surface area (Å²) in [5.41, 5.74) is 2.37. The summed E-state index contributed by atoms with van der Waals surface area (Å²) in [7, 11) is 0. The summed E-state index contributed by atoms with van der Waals surface area (Å²) in [6, 6.07) is 12.0. The first-order valence-electron chi connectivity index (χ1n) is 7.81. The van der Waals surface area contributed by atoms with Gasteiger partial charge in [-0.3, -0.25) is 14.9 Å². The third-order valence-corrected chi connectivity index (χ3v) is 4.87. The van der Waals surface area contributed by atoms with E-state index < -0.39 is 4.92 Å². The highest BCUT2D eigenvalue weighted by Crippen LogP contribution is 2.32. The Kier molecular flexibility index (Phi) is 3.81. The Bertz CT molecular complexity index is 964. The number of carbonyl (C=O) groups is 1. The number of benzene rings is 2.